The molecule has 0 aromatic heterocycles. The van der Waals surface area contributed by atoms with Crippen LogP contribution >= 0.6 is 11.6 Å². The zero-order valence-electron chi connectivity index (χ0n) is 8.66. The first-order valence-corrected chi connectivity index (χ1v) is 5.70. The maximum atomic E-state index is 5.85. The Bertz CT molecular complexity index is 308. The van der Waals surface area contributed by atoms with Gasteiger partial charge in [-0.2, -0.15) is 0 Å². The van der Waals surface area contributed by atoms with E-state index in [1.165, 1.54) is 5.56 Å². The Hall–Kier alpha value is -0.570. The second-order valence-corrected chi connectivity index (χ2v) is 4.56. The van der Waals surface area contributed by atoms with Crippen LogP contribution in [0.4, 0.5) is 0 Å². The Morgan fingerprint density at radius 3 is 2.47 bits per heavy atom. The lowest BCUT2D eigenvalue weighted by Crippen LogP contribution is -2.30. The summed E-state index contributed by atoms with van der Waals surface area (Å²) in [6.07, 6.45) is 1.12. The van der Waals surface area contributed by atoms with Gasteiger partial charge in [-0.05, 0) is 36.6 Å². The Balaban J connectivity index is 2.01. The molecule has 2 rings (SSSR count). The molecule has 1 unspecified atom stereocenters. The molecule has 3 heteroatoms. The molecule has 0 bridgehead atoms. The summed E-state index contributed by atoms with van der Waals surface area (Å²) in [6.45, 7) is 2.48. The van der Waals surface area contributed by atoms with Gasteiger partial charge in [0.15, 0.2) is 0 Å². The van der Waals surface area contributed by atoms with Crippen LogP contribution in [0, 0.1) is 5.92 Å². The van der Waals surface area contributed by atoms with Gasteiger partial charge in [-0.15, -0.1) is 0 Å². The molecule has 1 atom stereocenters. The predicted molar refractivity (Wildman–Crippen MR) is 62.2 cm³/mol. The first-order valence-electron chi connectivity index (χ1n) is 5.33. The molecule has 0 amide bonds. The van der Waals surface area contributed by atoms with Gasteiger partial charge in [-0.3, -0.25) is 0 Å². The molecule has 1 heterocycles. The number of halogens is 1. The van der Waals surface area contributed by atoms with E-state index in [-0.39, 0.29) is 0 Å². The third-order valence-electron chi connectivity index (χ3n) is 2.95. The summed E-state index contributed by atoms with van der Waals surface area (Å²) in [5, 5.41) is 0.779. The quantitative estimate of drug-likeness (QED) is 0.854. The van der Waals surface area contributed by atoms with E-state index in [0.29, 0.717) is 18.4 Å². The van der Waals surface area contributed by atoms with Crippen LogP contribution in [0.1, 0.15) is 17.9 Å². The van der Waals surface area contributed by atoms with Crippen molar-refractivity contribution in [2.45, 2.75) is 12.3 Å². The number of nitrogens with two attached hydrogens (primary N) is 1. The van der Waals surface area contributed by atoms with E-state index in [4.69, 9.17) is 22.1 Å². The van der Waals surface area contributed by atoms with Crippen LogP contribution in [0.25, 0.3) is 0 Å². The summed E-state index contributed by atoms with van der Waals surface area (Å²) in [4.78, 5) is 0. The average Bonchev–Trinajstić information content (AvgIpc) is 2.19. The van der Waals surface area contributed by atoms with E-state index in [1.54, 1.807) is 0 Å². The van der Waals surface area contributed by atoms with Gasteiger partial charge in [0, 0.05) is 10.9 Å². The van der Waals surface area contributed by atoms with Gasteiger partial charge in [0.1, 0.15) is 0 Å². The minimum atomic E-state index is 0.441. The van der Waals surface area contributed by atoms with E-state index < -0.39 is 0 Å². The van der Waals surface area contributed by atoms with Crippen LogP contribution in [0.5, 0.6) is 0 Å². The second-order valence-electron chi connectivity index (χ2n) is 4.12. The van der Waals surface area contributed by atoms with Crippen molar-refractivity contribution in [2.75, 3.05) is 19.8 Å². The normalized spacial score (nSPS) is 18.5. The van der Waals surface area contributed by atoms with Crippen molar-refractivity contribution in [1.82, 2.24) is 0 Å². The summed E-state index contributed by atoms with van der Waals surface area (Å²) in [7, 11) is 0. The third kappa shape index (κ3) is 2.71. The van der Waals surface area contributed by atoms with Gasteiger partial charge in [-0.25, -0.2) is 0 Å². The van der Waals surface area contributed by atoms with Crippen molar-refractivity contribution in [2.24, 2.45) is 11.7 Å². The van der Waals surface area contributed by atoms with Crippen molar-refractivity contribution in [3.05, 3.63) is 34.9 Å². The molecule has 82 valence electrons. The fourth-order valence-electron chi connectivity index (χ4n) is 1.93. The molecule has 0 spiro atoms. The Morgan fingerprint density at radius 2 is 2.00 bits per heavy atom. The lowest BCUT2D eigenvalue weighted by Gasteiger charge is -2.29. The molecule has 0 radical (unpaired) electrons. The van der Waals surface area contributed by atoms with E-state index in [0.717, 1.165) is 24.7 Å². The largest absolute Gasteiger partial charge is 0.381 e. The first kappa shape index (κ1) is 10.9. The number of ether oxygens (including phenoxy) is 1. The maximum absolute atomic E-state index is 5.85. The maximum Gasteiger partial charge on any atom is 0.0516 e. The highest BCUT2D eigenvalue weighted by Gasteiger charge is 2.23. The highest BCUT2D eigenvalue weighted by molar-refractivity contribution is 6.30. The molecule has 15 heavy (non-hydrogen) atoms. The Kier molecular flexibility index (Phi) is 3.62. The van der Waals surface area contributed by atoms with Crippen LogP contribution in [-0.2, 0) is 4.74 Å². The molecule has 1 aliphatic rings. The number of hydrogen-bond acceptors (Lipinski definition) is 2. The molecule has 0 aliphatic carbocycles. The summed E-state index contributed by atoms with van der Waals surface area (Å²) < 4.78 is 5.17. The van der Waals surface area contributed by atoms with E-state index in [2.05, 4.69) is 12.1 Å². The molecule has 1 aliphatic heterocycles. The summed E-state index contributed by atoms with van der Waals surface area (Å²) >= 11 is 5.85. The van der Waals surface area contributed by atoms with Crippen LogP contribution in [0.2, 0.25) is 5.02 Å². The molecular weight excluding hydrogens is 210 g/mol. The Labute approximate surface area is 95.4 Å². The minimum Gasteiger partial charge on any atom is -0.381 e. The molecular formula is C12H16ClNO. The van der Waals surface area contributed by atoms with Crippen molar-refractivity contribution in [3.8, 4) is 0 Å². The fraction of sp³-hybridized carbons (Fsp3) is 0.500. The molecule has 2 nitrogen and oxygen atoms in total. The fourth-order valence-corrected chi connectivity index (χ4v) is 2.05. The van der Waals surface area contributed by atoms with Gasteiger partial charge in [0.25, 0.3) is 0 Å². The molecule has 0 saturated carbocycles. The summed E-state index contributed by atoms with van der Waals surface area (Å²) in [5.41, 5.74) is 7.08. The molecule has 1 saturated heterocycles. The smallest absolute Gasteiger partial charge is 0.0516 e. The van der Waals surface area contributed by atoms with Crippen LogP contribution in [-0.4, -0.2) is 19.8 Å². The second kappa shape index (κ2) is 4.97. The number of benzene rings is 1. The summed E-state index contributed by atoms with van der Waals surface area (Å²) in [6, 6.07) is 7.99. The predicted octanol–water partition coefficient (Wildman–Crippen LogP) is 2.42. The molecule has 1 fully saturated rings. The zero-order chi connectivity index (χ0) is 10.7. The highest BCUT2D eigenvalue weighted by Crippen LogP contribution is 2.27. The van der Waals surface area contributed by atoms with E-state index >= 15 is 0 Å². The molecule has 2 N–H and O–H groups in total. The number of hydrogen-bond donors (Lipinski definition) is 1. The van der Waals surface area contributed by atoms with Crippen LogP contribution < -0.4 is 5.73 Å². The van der Waals surface area contributed by atoms with E-state index in [1.807, 2.05) is 12.1 Å². The Morgan fingerprint density at radius 1 is 1.33 bits per heavy atom. The van der Waals surface area contributed by atoms with Crippen LogP contribution in [0.3, 0.4) is 0 Å². The SMILES string of the molecule is NCC(CC1COC1)c1ccc(Cl)cc1. The first-order chi connectivity index (χ1) is 7.29. The molecule has 1 aromatic carbocycles. The van der Waals surface area contributed by atoms with Crippen molar-refractivity contribution in [3.63, 3.8) is 0 Å². The van der Waals surface area contributed by atoms with Gasteiger partial charge in [0.2, 0.25) is 0 Å². The zero-order valence-corrected chi connectivity index (χ0v) is 9.41. The summed E-state index contributed by atoms with van der Waals surface area (Å²) in [5.74, 6) is 1.13. The van der Waals surface area contributed by atoms with Crippen molar-refractivity contribution >= 4 is 11.6 Å². The average molecular weight is 226 g/mol. The van der Waals surface area contributed by atoms with Gasteiger partial charge >= 0.3 is 0 Å². The highest BCUT2D eigenvalue weighted by atomic mass is 35.5. The van der Waals surface area contributed by atoms with Gasteiger partial charge in [-0.1, -0.05) is 23.7 Å². The van der Waals surface area contributed by atoms with Crippen molar-refractivity contribution in [1.29, 1.82) is 0 Å². The minimum absolute atomic E-state index is 0.441. The van der Waals surface area contributed by atoms with Crippen molar-refractivity contribution < 1.29 is 4.74 Å². The lowest BCUT2D eigenvalue weighted by atomic mass is 9.88. The van der Waals surface area contributed by atoms with E-state index in [9.17, 15) is 0 Å². The molecule has 1 aromatic rings. The lowest BCUT2D eigenvalue weighted by molar-refractivity contribution is -0.0382. The van der Waals surface area contributed by atoms with Crippen LogP contribution in [0.15, 0.2) is 24.3 Å². The third-order valence-corrected chi connectivity index (χ3v) is 3.20. The van der Waals surface area contributed by atoms with Gasteiger partial charge < -0.3 is 10.5 Å². The monoisotopic (exact) mass is 225 g/mol. The number of rotatable bonds is 4. The van der Waals surface area contributed by atoms with Gasteiger partial charge in [0.05, 0.1) is 13.2 Å². The topological polar surface area (TPSA) is 35.2 Å². The standard InChI is InChI=1S/C12H16ClNO/c13-12-3-1-10(2-4-12)11(6-14)5-9-7-15-8-9/h1-4,9,11H,5-8,14H2.